The van der Waals surface area contributed by atoms with Crippen molar-refractivity contribution in [3.63, 3.8) is 0 Å². The fraction of sp³-hybridized carbons (Fsp3) is 0.125. The normalized spacial score (nSPS) is 9.29. The van der Waals surface area contributed by atoms with E-state index in [1.807, 2.05) is 30.3 Å². The van der Waals surface area contributed by atoms with Gasteiger partial charge in [-0.15, -0.1) is 40.6 Å². The predicted octanol–water partition coefficient (Wildman–Crippen LogP) is 4.58. The molecule has 17 heavy (non-hydrogen) atoms. The van der Waals surface area contributed by atoms with Crippen LogP contribution in [0, 0.1) is 13.8 Å². The van der Waals surface area contributed by atoms with Gasteiger partial charge < -0.3 is 0 Å². The average molecular weight is 264 g/mol. The topological polar surface area (TPSA) is 0 Å². The molecule has 0 spiro atoms. The van der Waals surface area contributed by atoms with Gasteiger partial charge in [-0.05, 0) is 0 Å². The standard InChI is InChI=1S/C11H11.C5H5.Fe/c1-8-7-9(2)11-6-4-3-5-10(8)11;1-2-4-5-3-1;/h3-7H,1-2H3;1-5H;/q2*-1;. The second kappa shape index (κ2) is 6.44. The van der Waals surface area contributed by atoms with Crippen molar-refractivity contribution in [2.24, 2.45) is 0 Å². The number of aryl methyl sites for hydroxylation is 2. The Morgan fingerprint density at radius 1 is 1.00 bits per heavy atom. The molecule has 0 saturated carbocycles. The van der Waals surface area contributed by atoms with E-state index in [0.29, 0.717) is 0 Å². The predicted molar refractivity (Wildman–Crippen MR) is 71.1 cm³/mol. The van der Waals surface area contributed by atoms with Crippen LogP contribution in [0.2, 0.25) is 0 Å². The summed E-state index contributed by atoms with van der Waals surface area (Å²) < 4.78 is 0. The Balaban J connectivity index is 0.000000205. The van der Waals surface area contributed by atoms with Crippen molar-refractivity contribution in [3.8, 4) is 0 Å². The molecule has 0 atom stereocenters. The summed E-state index contributed by atoms with van der Waals surface area (Å²) in [5.41, 5.74) is 2.77. The first-order chi connectivity index (χ1) is 7.79. The molecule has 0 bridgehead atoms. The van der Waals surface area contributed by atoms with Gasteiger partial charge in [0.05, 0.1) is 0 Å². The molecular weight excluding hydrogens is 248 g/mol. The molecule has 0 aliphatic heterocycles. The van der Waals surface area contributed by atoms with E-state index in [0.717, 1.165) is 0 Å². The van der Waals surface area contributed by atoms with Gasteiger partial charge in [0.2, 0.25) is 0 Å². The fourth-order valence-electron chi connectivity index (χ4n) is 1.97. The Bertz CT molecular complexity index is 491. The van der Waals surface area contributed by atoms with Crippen LogP contribution in [-0.4, -0.2) is 0 Å². The van der Waals surface area contributed by atoms with E-state index in [1.54, 1.807) is 0 Å². The van der Waals surface area contributed by atoms with E-state index in [4.69, 9.17) is 0 Å². The summed E-state index contributed by atoms with van der Waals surface area (Å²) in [4.78, 5) is 0. The Morgan fingerprint density at radius 3 is 2.18 bits per heavy atom. The van der Waals surface area contributed by atoms with Crippen LogP contribution in [0.5, 0.6) is 0 Å². The minimum atomic E-state index is 0. The average Bonchev–Trinajstić information content (AvgIpc) is 2.94. The molecule has 0 aromatic heterocycles. The fourth-order valence-corrected chi connectivity index (χ4v) is 1.97. The molecule has 90 valence electrons. The third-order valence-corrected chi connectivity index (χ3v) is 2.77. The van der Waals surface area contributed by atoms with Crippen molar-refractivity contribution < 1.29 is 17.1 Å². The minimum Gasteiger partial charge on any atom is -0.214 e. The van der Waals surface area contributed by atoms with Gasteiger partial charge in [0.15, 0.2) is 0 Å². The molecule has 0 nitrogen and oxygen atoms in total. The first-order valence-electron chi connectivity index (χ1n) is 5.57. The zero-order chi connectivity index (χ0) is 11.4. The maximum Gasteiger partial charge on any atom is 0 e. The second-order valence-corrected chi connectivity index (χ2v) is 4.02. The maximum absolute atomic E-state index is 2.24. The summed E-state index contributed by atoms with van der Waals surface area (Å²) in [6.45, 7) is 4.32. The first-order valence-corrected chi connectivity index (χ1v) is 5.57. The molecule has 3 aromatic carbocycles. The molecule has 0 heterocycles. The molecule has 0 fully saturated rings. The maximum atomic E-state index is 2.24. The number of benzene rings is 1. The zero-order valence-electron chi connectivity index (χ0n) is 10.1. The summed E-state index contributed by atoms with van der Waals surface area (Å²) >= 11 is 0. The number of hydrogen-bond donors (Lipinski definition) is 0. The van der Waals surface area contributed by atoms with Crippen LogP contribution < -0.4 is 0 Å². The van der Waals surface area contributed by atoms with Crippen molar-refractivity contribution >= 4 is 10.8 Å². The molecule has 3 aromatic rings. The van der Waals surface area contributed by atoms with Crippen molar-refractivity contribution in [1.82, 2.24) is 0 Å². The van der Waals surface area contributed by atoms with Gasteiger partial charge in [-0.25, -0.2) is 12.1 Å². The van der Waals surface area contributed by atoms with Crippen LogP contribution in [-0.2, 0) is 17.1 Å². The van der Waals surface area contributed by atoms with Crippen LogP contribution in [0.15, 0.2) is 60.7 Å². The number of hydrogen-bond acceptors (Lipinski definition) is 0. The second-order valence-electron chi connectivity index (χ2n) is 4.02. The van der Waals surface area contributed by atoms with Crippen LogP contribution in [0.1, 0.15) is 11.1 Å². The van der Waals surface area contributed by atoms with Gasteiger partial charge in [-0.1, -0.05) is 19.9 Å². The van der Waals surface area contributed by atoms with Crippen molar-refractivity contribution in [2.75, 3.05) is 0 Å². The van der Waals surface area contributed by atoms with E-state index in [1.165, 1.54) is 21.9 Å². The molecular formula is C16H16Fe-2. The van der Waals surface area contributed by atoms with Crippen molar-refractivity contribution in [1.29, 1.82) is 0 Å². The van der Waals surface area contributed by atoms with E-state index < -0.39 is 0 Å². The van der Waals surface area contributed by atoms with Gasteiger partial charge in [0.25, 0.3) is 0 Å². The molecule has 0 unspecified atom stereocenters. The van der Waals surface area contributed by atoms with Gasteiger partial charge in [-0.2, -0.15) is 23.8 Å². The van der Waals surface area contributed by atoms with E-state index in [2.05, 4.69) is 44.2 Å². The number of rotatable bonds is 0. The SMILES string of the molecule is Cc1c[c-](C)c2ccccc12.[Fe].c1cc[cH-]c1. The Labute approximate surface area is 113 Å². The van der Waals surface area contributed by atoms with Gasteiger partial charge in [0.1, 0.15) is 0 Å². The van der Waals surface area contributed by atoms with Crippen molar-refractivity contribution in [2.45, 2.75) is 13.8 Å². The molecule has 0 aliphatic carbocycles. The van der Waals surface area contributed by atoms with Crippen LogP contribution in [0.4, 0.5) is 0 Å². The monoisotopic (exact) mass is 264 g/mol. The van der Waals surface area contributed by atoms with Gasteiger partial charge in [0, 0.05) is 17.1 Å². The molecule has 0 saturated heterocycles. The van der Waals surface area contributed by atoms with Crippen molar-refractivity contribution in [3.05, 3.63) is 71.8 Å². The minimum absolute atomic E-state index is 0. The molecule has 0 amide bonds. The molecule has 0 N–H and O–H groups in total. The van der Waals surface area contributed by atoms with E-state index in [-0.39, 0.29) is 17.1 Å². The molecule has 3 rings (SSSR count). The molecule has 0 radical (unpaired) electrons. The third-order valence-electron chi connectivity index (χ3n) is 2.77. The largest absolute Gasteiger partial charge is 0.214 e. The number of fused-ring (bicyclic) bond motifs is 1. The Morgan fingerprint density at radius 2 is 1.65 bits per heavy atom. The summed E-state index contributed by atoms with van der Waals surface area (Å²) in [6, 6.07) is 20.8. The van der Waals surface area contributed by atoms with Crippen LogP contribution in [0.25, 0.3) is 10.8 Å². The zero-order valence-corrected chi connectivity index (χ0v) is 11.2. The molecule has 1 heteroatoms. The van der Waals surface area contributed by atoms with E-state index in [9.17, 15) is 0 Å². The van der Waals surface area contributed by atoms with Gasteiger partial charge in [-0.3, -0.25) is 0 Å². The first kappa shape index (κ1) is 13.8. The van der Waals surface area contributed by atoms with Gasteiger partial charge >= 0.3 is 0 Å². The van der Waals surface area contributed by atoms with E-state index >= 15 is 0 Å². The Kier molecular flexibility index (Phi) is 5.21. The Hall–Kier alpha value is -1.30. The molecule has 0 aliphatic rings. The smallest absolute Gasteiger partial charge is 0 e. The quantitative estimate of drug-likeness (QED) is 0.412. The summed E-state index contributed by atoms with van der Waals surface area (Å²) in [7, 11) is 0. The third kappa shape index (κ3) is 3.33. The van der Waals surface area contributed by atoms with Crippen LogP contribution in [0.3, 0.4) is 0 Å². The summed E-state index contributed by atoms with van der Waals surface area (Å²) in [5, 5.41) is 2.79. The summed E-state index contributed by atoms with van der Waals surface area (Å²) in [5.74, 6) is 0. The summed E-state index contributed by atoms with van der Waals surface area (Å²) in [6.07, 6.45) is 0. The van der Waals surface area contributed by atoms with Crippen LogP contribution >= 0.6 is 0 Å².